The van der Waals surface area contributed by atoms with Crippen molar-refractivity contribution in [2.24, 2.45) is 10.7 Å². The largest absolute Gasteiger partial charge is 0.497 e. The van der Waals surface area contributed by atoms with Gasteiger partial charge in [-0.25, -0.2) is 9.79 Å². The molecule has 0 aliphatic carbocycles. The molecule has 8 nitrogen and oxygen atoms in total. The van der Waals surface area contributed by atoms with Gasteiger partial charge in [-0.15, -0.1) is 12.4 Å². The second kappa shape index (κ2) is 13.4. The lowest BCUT2D eigenvalue weighted by molar-refractivity contribution is -0.140. The van der Waals surface area contributed by atoms with Crippen LogP contribution in [-0.4, -0.2) is 36.8 Å². The van der Waals surface area contributed by atoms with Crippen molar-refractivity contribution in [2.45, 2.75) is 20.5 Å². The molecular formula is C21H26ClN3O5S. The van der Waals surface area contributed by atoms with E-state index in [-0.39, 0.29) is 36.7 Å². The van der Waals surface area contributed by atoms with Gasteiger partial charge < -0.3 is 25.3 Å². The van der Waals surface area contributed by atoms with Gasteiger partial charge in [-0.1, -0.05) is 30.3 Å². The number of alkyl carbamates (subject to hydrolysis) is 1. The van der Waals surface area contributed by atoms with E-state index in [1.165, 1.54) is 0 Å². The first-order chi connectivity index (χ1) is 14.4. The van der Waals surface area contributed by atoms with E-state index in [4.69, 9.17) is 19.9 Å². The van der Waals surface area contributed by atoms with Crippen LogP contribution < -0.4 is 15.8 Å². The zero-order chi connectivity index (χ0) is 21.9. The van der Waals surface area contributed by atoms with E-state index in [1.54, 1.807) is 7.11 Å². The molecule has 2 aromatic rings. The van der Waals surface area contributed by atoms with Crippen LogP contribution in [0.3, 0.4) is 0 Å². The maximum absolute atomic E-state index is 11.7. The van der Waals surface area contributed by atoms with Gasteiger partial charge in [0.2, 0.25) is 0 Å². The fourth-order valence-corrected chi connectivity index (χ4v) is 2.94. The number of carbonyl (C=O) groups is 2. The van der Waals surface area contributed by atoms with Gasteiger partial charge in [0.05, 0.1) is 12.8 Å². The normalized spacial score (nSPS) is 10.6. The number of amidine groups is 1. The highest BCUT2D eigenvalue weighted by molar-refractivity contribution is 8.13. The first kappa shape index (κ1) is 26.1. The summed E-state index contributed by atoms with van der Waals surface area (Å²) in [6, 6.07) is 13.0. The Kier molecular flexibility index (Phi) is 11.3. The lowest BCUT2D eigenvalue weighted by Crippen LogP contribution is -2.31. The van der Waals surface area contributed by atoms with Crippen molar-refractivity contribution in [2.75, 3.05) is 19.6 Å². The van der Waals surface area contributed by atoms with Crippen molar-refractivity contribution in [3.05, 3.63) is 59.2 Å². The zero-order valence-corrected chi connectivity index (χ0v) is 19.2. The van der Waals surface area contributed by atoms with Crippen molar-refractivity contribution >= 4 is 47.1 Å². The first-order valence-corrected chi connectivity index (χ1v) is 10.1. The predicted molar refractivity (Wildman–Crippen MR) is 124 cm³/mol. The second-order valence-electron chi connectivity index (χ2n) is 6.25. The van der Waals surface area contributed by atoms with Gasteiger partial charge in [0, 0.05) is 0 Å². The molecule has 1 amide bonds. The molecule has 31 heavy (non-hydrogen) atoms. The van der Waals surface area contributed by atoms with Crippen LogP contribution in [0, 0.1) is 13.8 Å². The molecule has 0 radical (unpaired) electrons. The molecule has 0 saturated carbocycles. The highest BCUT2D eigenvalue weighted by atomic mass is 35.5. The molecule has 0 saturated heterocycles. The molecule has 10 heteroatoms. The van der Waals surface area contributed by atoms with Crippen LogP contribution in [-0.2, 0) is 20.9 Å². The number of rotatable bonds is 8. The molecule has 0 fully saturated rings. The number of halogens is 1. The number of hydrogen-bond acceptors (Lipinski definition) is 7. The molecule has 2 aromatic carbocycles. The predicted octanol–water partition coefficient (Wildman–Crippen LogP) is 3.84. The number of nitrogens with two attached hydrogens (primary N) is 1. The monoisotopic (exact) mass is 467 g/mol. The number of nitrogens with one attached hydrogen (secondary N) is 1. The minimum atomic E-state index is -0.699. The maximum atomic E-state index is 11.7. The maximum Gasteiger partial charge on any atom is 0.407 e. The second-order valence-corrected chi connectivity index (χ2v) is 7.20. The van der Waals surface area contributed by atoms with Crippen molar-refractivity contribution in [1.82, 2.24) is 5.32 Å². The number of ether oxygens (including phenoxy) is 3. The van der Waals surface area contributed by atoms with E-state index in [9.17, 15) is 9.59 Å². The number of amides is 1. The number of benzene rings is 2. The van der Waals surface area contributed by atoms with Gasteiger partial charge in [0.15, 0.2) is 5.17 Å². The summed E-state index contributed by atoms with van der Waals surface area (Å²) in [6.07, 6.45) is -0.699. The highest BCUT2D eigenvalue weighted by Gasteiger charge is 2.09. The minimum Gasteiger partial charge on any atom is -0.497 e. The first-order valence-electron chi connectivity index (χ1n) is 9.11. The number of carbonyl (C=O) groups excluding carboxylic acids is 2. The van der Waals surface area contributed by atoms with Gasteiger partial charge in [0.1, 0.15) is 24.8 Å². The number of aliphatic imine (C=N–C) groups is 1. The smallest absolute Gasteiger partial charge is 0.407 e. The Bertz CT molecular complexity index is 886. The molecule has 0 spiro atoms. The van der Waals surface area contributed by atoms with Gasteiger partial charge >= 0.3 is 12.1 Å². The summed E-state index contributed by atoms with van der Waals surface area (Å²) in [5.74, 6) is 0.117. The Labute approximate surface area is 191 Å². The average molecular weight is 468 g/mol. The lowest BCUT2D eigenvalue weighted by atomic mass is 10.1. The van der Waals surface area contributed by atoms with Crippen LogP contribution in [0.4, 0.5) is 10.5 Å². The van der Waals surface area contributed by atoms with Crippen LogP contribution in [0.2, 0.25) is 0 Å². The summed E-state index contributed by atoms with van der Waals surface area (Å²) in [5, 5.41) is 2.60. The molecule has 0 unspecified atom stereocenters. The summed E-state index contributed by atoms with van der Waals surface area (Å²) in [7, 11) is 1.60. The standard InChI is InChI=1S/C21H25N3O5S.ClH/c1-14-9-17(27-3)10-15(2)19(14)24-20(22)30-13-29-18(25)11-23-21(26)28-12-16-7-5-4-6-8-16;/h4-10H,11-13H2,1-3H3,(H2,22,24)(H,23,26);1H. The molecule has 168 valence electrons. The van der Waals surface area contributed by atoms with Crippen molar-refractivity contribution in [1.29, 1.82) is 0 Å². The van der Waals surface area contributed by atoms with E-state index in [0.717, 1.165) is 39.9 Å². The van der Waals surface area contributed by atoms with Crippen LogP contribution in [0.15, 0.2) is 47.5 Å². The number of thioether (sulfide) groups is 1. The van der Waals surface area contributed by atoms with Crippen molar-refractivity contribution < 1.29 is 23.8 Å². The number of nitrogens with zero attached hydrogens (tertiary/aromatic N) is 1. The Balaban J connectivity index is 0.00000480. The van der Waals surface area contributed by atoms with Crippen LogP contribution in [0.25, 0.3) is 0 Å². The number of esters is 1. The minimum absolute atomic E-state index is 0. The van der Waals surface area contributed by atoms with E-state index in [0.29, 0.717) is 0 Å². The van der Waals surface area contributed by atoms with Crippen molar-refractivity contribution in [3.8, 4) is 5.75 Å². The van der Waals surface area contributed by atoms with Gasteiger partial charge in [0.25, 0.3) is 0 Å². The molecule has 0 aromatic heterocycles. The fourth-order valence-electron chi connectivity index (χ4n) is 2.48. The number of methoxy groups -OCH3 is 1. The summed E-state index contributed by atoms with van der Waals surface area (Å²) in [4.78, 5) is 27.7. The Morgan fingerprint density at radius 2 is 1.74 bits per heavy atom. The lowest BCUT2D eigenvalue weighted by Gasteiger charge is -2.10. The Hall–Kier alpha value is -2.91. The van der Waals surface area contributed by atoms with Gasteiger partial charge in [-0.3, -0.25) is 4.79 Å². The average Bonchev–Trinajstić information content (AvgIpc) is 2.73. The van der Waals surface area contributed by atoms with E-state index < -0.39 is 12.1 Å². The third-order valence-electron chi connectivity index (χ3n) is 3.94. The summed E-state index contributed by atoms with van der Waals surface area (Å²) in [5.41, 5.74) is 9.36. The molecule has 0 aliphatic heterocycles. The fraction of sp³-hybridized carbons (Fsp3) is 0.286. The van der Waals surface area contributed by atoms with E-state index in [2.05, 4.69) is 10.3 Å². The summed E-state index contributed by atoms with van der Waals surface area (Å²) in [6.45, 7) is 3.64. The van der Waals surface area contributed by atoms with E-state index >= 15 is 0 Å². The van der Waals surface area contributed by atoms with Crippen molar-refractivity contribution in [3.63, 3.8) is 0 Å². The quantitative estimate of drug-likeness (QED) is 0.262. The summed E-state index contributed by atoms with van der Waals surface area (Å²) < 4.78 is 15.3. The topological polar surface area (TPSA) is 112 Å². The highest BCUT2D eigenvalue weighted by Crippen LogP contribution is 2.29. The van der Waals surface area contributed by atoms with E-state index in [1.807, 2.05) is 56.3 Å². The number of aryl methyl sites for hydroxylation is 2. The summed E-state index contributed by atoms with van der Waals surface area (Å²) >= 11 is 1.08. The molecule has 0 heterocycles. The molecule has 2 rings (SSSR count). The van der Waals surface area contributed by atoms with Gasteiger partial charge in [-0.05, 0) is 54.4 Å². The third-order valence-corrected chi connectivity index (χ3v) is 4.56. The number of hydrogen-bond donors (Lipinski definition) is 2. The molecule has 0 atom stereocenters. The SMILES string of the molecule is COc1cc(C)c(N=C(N)SCOC(=O)CNC(=O)OCc2ccccc2)c(C)c1.Cl. The van der Waals surface area contributed by atoms with Crippen LogP contribution in [0.5, 0.6) is 5.75 Å². The van der Waals surface area contributed by atoms with Crippen LogP contribution >= 0.6 is 24.2 Å². The molecule has 0 bridgehead atoms. The Morgan fingerprint density at radius 3 is 2.35 bits per heavy atom. The third kappa shape index (κ3) is 9.18. The molecule has 0 aliphatic rings. The molecular weight excluding hydrogens is 442 g/mol. The zero-order valence-electron chi connectivity index (χ0n) is 17.5. The Morgan fingerprint density at radius 1 is 1.10 bits per heavy atom. The van der Waals surface area contributed by atoms with Crippen LogP contribution in [0.1, 0.15) is 16.7 Å². The molecule has 3 N–H and O–H groups in total. The van der Waals surface area contributed by atoms with Gasteiger partial charge in [-0.2, -0.15) is 0 Å².